The lowest BCUT2D eigenvalue weighted by atomic mass is 9.88. The first kappa shape index (κ1) is 8.01. The first-order chi connectivity index (χ1) is 4.94. The van der Waals surface area contributed by atoms with Crippen LogP contribution in [0.25, 0.3) is 0 Å². The number of rotatable bonds is 0. The molecule has 0 fully saturated rings. The molecule has 2 N–H and O–H groups in total. The van der Waals surface area contributed by atoms with E-state index in [1.165, 1.54) is 13.0 Å². The highest BCUT2D eigenvalue weighted by molar-refractivity contribution is 6.00. The molecule has 3 nitrogen and oxygen atoms in total. The van der Waals surface area contributed by atoms with E-state index >= 15 is 0 Å². The third-order valence-corrected chi connectivity index (χ3v) is 1.89. The molecule has 0 spiro atoms. The Labute approximate surface area is 64.7 Å². The molecule has 0 saturated carbocycles. The normalized spacial score (nSPS) is 31.4. The van der Waals surface area contributed by atoms with Gasteiger partial charge in [0.05, 0.1) is 0 Å². The molecule has 3 heteroatoms. The van der Waals surface area contributed by atoms with Gasteiger partial charge >= 0.3 is 0 Å². The number of hydrogen-bond donors (Lipinski definition) is 2. The smallest absolute Gasteiger partial charge is 0.194 e. The van der Waals surface area contributed by atoms with E-state index in [0.29, 0.717) is 5.57 Å². The van der Waals surface area contributed by atoms with Gasteiger partial charge < -0.3 is 10.2 Å². The van der Waals surface area contributed by atoms with Crippen molar-refractivity contribution in [3.63, 3.8) is 0 Å². The van der Waals surface area contributed by atoms with Gasteiger partial charge in [-0.25, -0.2) is 0 Å². The predicted octanol–water partition coefficient (Wildman–Crippen LogP) is 0.708. The fourth-order valence-corrected chi connectivity index (χ4v) is 0.873. The second-order valence-corrected chi connectivity index (χ2v) is 2.83. The van der Waals surface area contributed by atoms with Crippen molar-refractivity contribution < 1.29 is 15.0 Å². The largest absolute Gasteiger partial charge is 0.508 e. The monoisotopic (exact) mass is 154 g/mol. The number of aliphatic hydroxyl groups excluding tert-OH is 1. The highest BCUT2D eigenvalue weighted by atomic mass is 16.3. The van der Waals surface area contributed by atoms with Gasteiger partial charge in [-0.3, -0.25) is 4.79 Å². The van der Waals surface area contributed by atoms with E-state index in [4.69, 9.17) is 5.11 Å². The summed E-state index contributed by atoms with van der Waals surface area (Å²) in [5, 5.41) is 18.4. The zero-order chi connectivity index (χ0) is 8.65. The third kappa shape index (κ3) is 1.19. The van der Waals surface area contributed by atoms with E-state index in [-0.39, 0.29) is 5.76 Å². The Hall–Kier alpha value is -1.09. The zero-order valence-corrected chi connectivity index (χ0v) is 6.46. The van der Waals surface area contributed by atoms with Crippen molar-refractivity contribution in [1.82, 2.24) is 0 Å². The van der Waals surface area contributed by atoms with Crippen LogP contribution in [-0.4, -0.2) is 21.6 Å². The third-order valence-electron chi connectivity index (χ3n) is 1.89. The molecule has 0 bridgehead atoms. The van der Waals surface area contributed by atoms with Crippen LogP contribution in [0.4, 0.5) is 0 Å². The quantitative estimate of drug-likeness (QED) is 0.540. The van der Waals surface area contributed by atoms with E-state index in [9.17, 15) is 9.90 Å². The summed E-state index contributed by atoms with van der Waals surface area (Å²) in [7, 11) is 0. The standard InChI is InChI=1S/C8H10O3/c1-5-3-6(9)4-7(10)8(5,2)11/h3-4,9,11H,1-2H3. The first-order valence-corrected chi connectivity index (χ1v) is 3.31. The van der Waals surface area contributed by atoms with Crippen LogP contribution in [-0.2, 0) is 4.79 Å². The van der Waals surface area contributed by atoms with Gasteiger partial charge in [0, 0.05) is 6.08 Å². The maximum Gasteiger partial charge on any atom is 0.194 e. The molecule has 0 heterocycles. The van der Waals surface area contributed by atoms with Gasteiger partial charge in [0.25, 0.3) is 0 Å². The van der Waals surface area contributed by atoms with Crippen molar-refractivity contribution >= 4 is 5.78 Å². The van der Waals surface area contributed by atoms with E-state index in [1.807, 2.05) is 0 Å². The summed E-state index contributed by atoms with van der Waals surface area (Å²) < 4.78 is 0. The van der Waals surface area contributed by atoms with Crippen LogP contribution >= 0.6 is 0 Å². The second kappa shape index (κ2) is 2.20. The van der Waals surface area contributed by atoms with Crippen LogP contribution in [0.15, 0.2) is 23.5 Å². The van der Waals surface area contributed by atoms with Crippen molar-refractivity contribution in [2.45, 2.75) is 19.4 Å². The van der Waals surface area contributed by atoms with Gasteiger partial charge in [-0.1, -0.05) is 0 Å². The molecule has 0 aliphatic heterocycles. The first-order valence-electron chi connectivity index (χ1n) is 3.31. The van der Waals surface area contributed by atoms with Gasteiger partial charge in [-0.05, 0) is 25.5 Å². The molecule has 60 valence electrons. The Morgan fingerprint density at radius 1 is 1.45 bits per heavy atom. The summed E-state index contributed by atoms with van der Waals surface area (Å²) in [5.74, 6) is -0.575. The van der Waals surface area contributed by atoms with Crippen LogP contribution in [0, 0.1) is 0 Å². The number of aliphatic hydroxyl groups is 2. The average Bonchev–Trinajstić information content (AvgIpc) is 1.84. The van der Waals surface area contributed by atoms with Crippen molar-refractivity contribution in [2.24, 2.45) is 0 Å². The molecule has 11 heavy (non-hydrogen) atoms. The van der Waals surface area contributed by atoms with Crippen LogP contribution in [0.5, 0.6) is 0 Å². The lowest BCUT2D eigenvalue weighted by Gasteiger charge is -2.23. The molecule has 0 saturated heterocycles. The molecule has 1 unspecified atom stereocenters. The lowest BCUT2D eigenvalue weighted by Crippen LogP contribution is -2.37. The zero-order valence-electron chi connectivity index (χ0n) is 6.46. The molecular formula is C8H10O3. The van der Waals surface area contributed by atoms with E-state index < -0.39 is 11.4 Å². The number of allylic oxidation sites excluding steroid dienone is 1. The molecule has 1 aliphatic rings. The second-order valence-electron chi connectivity index (χ2n) is 2.83. The van der Waals surface area contributed by atoms with Gasteiger partial charge in [0.1, 0.15) is 11.4 Å². The summed E-state index contributed by atoms with van der Waals surface area (Å²) in [6.45, 7) is 3.01. The summed E-state index contributed by atoms with van der Waals surface area (Å²) in [6, 6.07) is 0. The molecule has 0 aromatic carbocycles. The molecular weight excluding hydrogens is 144 g/mol. The molecule has 0 radical (unpaired) electrons. The number of carbonyl (C=O) groups excluding carboxylic acids is 1. The van der Waals surface area contributed by atoms with Crippen molar-refractivity contribution in [2.75, 3.05) is 0 Å². The summed E-state index contributed by atoms with van der Waals surface area (Å²) in [5.41, 5.74) is -0.978. The fourth-order valence-electron chi connectivity index (χ4n) is 0.873. The minimum atomic E-state index is -1.44. The Morgan fingerprint density at radius 2 is 2.00 bits per heavy atom. The number of ketones is 1. The topological polar surface area (TPSA) is 57.5 Å². The van der Waals surface area contributed by atoms with E-state index in [1.54, 1.807) is 6.92 Å². The Bertz CT molecular complexity index is 259. The fraction of sp³-hybridized carbons (Fsp3) is 0.375. The Kier molecular flexibility index (Phi) is 1.60. The number of carbonyl (C=O) groups is 1. The molecule has 0 aromatic heterocycles. The van der Waals surface area contributed by atoms with Gasteiger partial charge in [0.2, 0.25) is 0 Å². The van der Waals surface area contributed by atoms with Gasteiger partial charge in [-0.15, -0.1) is 0 Å². The maximum atomic E-state index is 11.0. The molecule has 0 aromatic rings. The summed E-state index contributed by atoms with van der Waals surface area (Å²) in [6.07, 6.45) is 2.40. The van der Waals surface area contributed by atoms with E-state index in [2.05, 4.69) is 0 Å². The van der Waals surface area contributed by atoms with Crippen LogP contribution < -0.4 is 0 Å². The SMILES string of the molecule is CC1=CC(O)=CC(=O)C1(C)O. The summed E-state index contributed by atoms with van der Waals surface area (Å²) in [4.78, 5) is 11.0. The van der Waals surface area contributed by atoms with E-state index in [0.717, 1.165) is 6.08 Å². The molecule has 1 atom stereocenters. The van der Waals surface area contributed by atoms with Crippen molar-refractivity contribution in [3.05, 3.63) is 23.5 Å². The minimum absolute atomic E-state index is 0.0981. The van der Waals surface area contributed by atoms with Crippen LogP contribution in [0.3, 0.4) is 0 Å². The molecule has 0 amide bonds. The van der Waals surface area contributed by atoms with Crippen LogP contribution in [0.2, 0.25) is 0 Å². The summed E-state index contributed by atoms with van der Waals surface area (Å²) >= 11 is 0. The van der Waals surface area contributed by atoms with Gasteiger partial charge in [-0.2, -0.15) is 0 Å². The maximum absolute atomic E-state index is 11.0. The lowest BCUT2D eigenvalue weighted by molar-refractivity contribution is -0.127. The molecule has 1 aliphatic carbocycles. The van der Waals surface area contributed by atoms with Crippen LogP contribution in [0.1, 0.15) is 13.8 Å². The predicted molar refractivity (Wildman–Crippen MR) is 40.1 cm³/mol. The highest BCUT2D eigenvalue weighted by Crippen LogP contribution is 2.23. The Balaban J connectivity index is 3.11. The molecule has 1 rings (SSSR count). The van der Waals surface area contributed by atoms with Crippen molar-refractivity contribution in [1.29, 1.82) is 0 Å². The Morgan fingerprint density at radius 3 is 2.45 bits per heavy atom. The minimum Gasteiger partial charge on any atom is -0.508 e. The van der Waals surface area contributed by atoms with Crippen molar-refractivity contribution in [3.8, 4) is 0 Å². The highest BCUT2D eigenvalue weighted by Gasteiger charge is 2.33. The number of hydrogen-bond acceptors (Lipinski definition) is 3. The average molecular weight is 154 g/mol. The van der Waals surface area contributed by atoms with Gasteiger partial charge in [0.15, 0.2) is 5.78 Å².